The number of aromatic nitrogens is 3. The first-order chi connectivity index (χ1) is 16.5. The van der Waals surface area contributed by atoms with Gasteiger partial charge in [-0.15, -0.1) is 0 Å². The zero-order chi connectivity index (χ0) is 24.1. The highest BCUT2D eigenvalue weighted by molar-refractivity contribution is 5.84. The third-order valence-corrected chi connectivity index (χ3v) is 6.10. The van der Waals surface area contributed by atoms with Crippen LogP contribution >= 0.6 is 0 Å². The molecule has 0 spiro atoms. The van der Waals surface area contributed by atoms with Gasteiger partial charge >= 0.3 is 0 Å². The Morgan fingerprint density at radius 3 is 2.71 bits per heavy atom. The fraction of sp³-hybridized carbons (Fsp3) is 0.161. The lowest BCUT2D eigenvalue weighted by Gasteiger charge is -2.13. The van der Waals surface area contributed by atoms with Crippen molar-refractivity contribution in [2.75, 3.05) is 0 Å². The molecule has 2 heterocycles. The van der Waals surface area contributed by atoms with Crippen LogP contribution in [0.4, 0.5) is 0 Å². The molecule has 2 aliphatic carbocycles. The number of rotatable bonds is 4. The smallest absolute Gasteiger partial charge is 0.118 e. The van der Waals surface area contributed by atoms with Gasteiger partial charge in [0.05, 0.1) is 5.69 Å². The number of nitrogens with zero attached hydrogens (tertiary/aromatic N) is 2. The standard InChI is InChI=1S/C31H31N3/c1-6-25(28-18-13-21(2)9-7-10-23(28)4)19-27-17-16-26(15-14-22(27)3)29-20-32-34-31(29)30-12-8-11-24(5)33-30/h6-16,18-20H,3,17H2,1-2,4-5H3,(H,32,34)/b9-7+,10-7?,18-13?,21-9?,21-13-,23-10+,25-6+,27-19-,28-18+,28-23?. The van der Waals surface area contributed by atoms with Gasteiger partial charge in [-0.2, -0.15) is 5.10 Å². The zero-order valence-electron chi connectivity index (χ0n) is 20.4. The Balaban J connectivity index is 1.67. The van der Waals surface area contributed by atoms with Gasteiger partial charge in [0.2, 0.25) is 0 Å². The molecule has 0 unspecified atom stereocenters. The molecule has 34 heavy (non-hydrogen) atoms. The van der Waals surface area contributed by atoms with E-state index in [1.807, 2.05) is 31.3 Å². The third-order valence-electron chi connectivity index (χ3n) is 6.10. The largest absolute Gasteiger partial charge is 0.284 e. The van der Waals surface area contributed by atoms with Gasteiger partial charge in [0.15, 0.2) is 0 Å². The summed E-state index contributed by atoms with van der Waals surface area (Å²) in [6, 6.07) is 6.01. The van der Waals surface area contributed by atoms with Crippen molar-refractivity contribution in [2.24, 2.45) is 0 Å². The lowest BCUT2D eigenvalue weighted by Crippen LogP contribution is -1.94. The molecule has 4 rings (SSSR count). The molecule has 0 saturated carbocycles. The van der Waals surface area contributed by atoms with Crippen LogP contribution in [0.3, 0.4) is 0 Å². The van der Waals surface area contributed by atoms with Gasteiger partial charge in [-0.3, -0.25) is 10.1 Å². The van der Waals surface area contributed by atoms with Crippen LogP contribution in [0.5, 0.6) is 0 Å². The molecular formula is C31H31N3. The highest BCUT2D eigenvalue weighted by Crippen LogP contribution is 2.32. The van der Waals surface area contributed by atoms with Crippen molar-refractivity contribution in [3.05, 3.63) is 136 Å². The minimum Gasteiger partial charge on any atom is -0.284 e. The molecule has 170 valence electrons. The monoisotopic (exact) mass is 445 g/mol. The number of H-pyrrole nitrogens is 1. The van der Waals surface area contributed by atoms with Crippen molar-refractivity contribution in [3.8, 4) is 11.4 Å². The second kappa shape index (κ2) is 10.3. The quantitative estimate of drug-likeness (QED) is 0.519. The van der Waals surface area contributed by atoms with Crippen LogP contribution in [0.25, 0.3) is 17.0 Å². The highest BCUT2D eigenvalue weighted by Gasteiger charge is 2.15. The maximum atomic E-state index is 4.66. The summed E-state index contributed by atoms with van der Waals surface area (Å²) in [6.07, 6.45) is 24.4. The molecule has 0 aliphatic heterocycles. The number of nitrogens with one attached hydrogen (secondary N) is 1. The second-order valence-corrected chi connectivity index (χ2v) is 8.65. The van der Waals surface area contributed by atoms with Crippen molar-refractivity contribution >= 4 is 5.57 Å². The van der Waals surface area contributed by atoms with Crippen molar-refractivity contribution < 1.29 is 0 Å². The molecule has 0 bridgehead atoms. The Bertz CT molecular complexity index is 1360. The van der Waals surface area contributed by atoms with Crippen LogP contribution in [-0.4, -0.2) is 15.2 Å². The molecule has 0 amide bonds. The molecule has 0 fully saturated rings. The predicted molar refractivity (Wildman–Crippen MR) is 144 cm³/mol. The summed E-state index contributed by atoms with van der Waals surface area (Å²) in [5.41, 5.74) is 12.0. The lowest BCUT2D eigenvalue weighted by molar-refractivity contribution is 1.08. The summed E-state index contributed by atoms with van der Waals surface area (Å²) in [4.78, 5) is 4.66. The van der Waals surface area contributed by atoms with Crippen LogP contribution in [0, 0.1) is 6.92 Å². The maximum Gasteiger partial charge on any atom is 0.118 e. The van der Waals surface area contributed by atoms with Gasteiger partial charge in [0, 0.05) is 17.5 Å². The maximum absolute atomic E-state index is 4.66. The summed E-state index contributed by atoms with van der Waals surface area (Å²) in [5.74, 6) is 0. The van der Waals surface area contributed by atoms with Gasteiger partial charge < -0.3 is 0 Å². The first-order valence-electron chi connectivity index (χ1n) is 11.6. The van der Waals surface area contributed by atoms with Gasteiger partial charge in [-0.25, -0.2) is 0 Å². The van der Waals surface area contributed by atoms with Gasteiger partial charge in [0.1, 0.15) is 5.69 Å². The molecule has 1 N–H and O–H groups in total. The average molecular weight is 446 g/mol. The van der Waals surface area contributed by atoms with Crippen LogP contribution in [0.2, 0.25) is 0 Å². The van der Waals surface area contributed by atoms with Crippen molar-refractivity contribution in [3.63, 3.8) is 0 Å². The van der Waals surface area contributed by atoms with E-state index in [4.69, 9.17) is 0 Å². The Morgan fingerprint density at radius 1 is 1.06 bits per heavy atom. The number of pyridine rings is 1. The summed E-state index contributed by atoms with van der Waals surface area (Å²) >= 11 is 0. The fourth-order valence-electron chi connectivity index (χ4n) is 4.11. The highest BCUT2D eigenvalue weighted by atomic mass is 15.1. The van der Waals surface area contributed by atoms with Crippen molar-refractivity contribution in [2.45, 2.75) is 34.1 Å². The van der Waals surface area contributed by atoms with Crippen molar-refractivity contribution in [1.82, 2.24) is 15.2 Å². The van der Waals surface area contributed by atoms with Crippen LogP contribution < -0.4 is 0 Å². The number of aryl methyl sites for hydroxylation is 1. The Hall–Kier alpha value is -3.98. The van der Waals surface area contributed by atoms with E-state index in [1.54, 1.807) is 0 Å². The van der Waals surface area contributed by atoms with Gasteiger partial charge in [0.25, 0.3) is 0 Å². The third kappa shape index (κ3) is 5.15. The van der Waals surface area contributed by atoms with E-state index >= 15 is 0 Å². The second-order valence-electron chi connectivity index (χ2n) is 8.65. The van der Waals surface area contributed by atoms with E-state index in [2.05, 4.69) is 103 Å². The molecule has 0 atom stereocenters. The summed E-state index contributed by atoms with van der Waals surface area (Å²) in [5, 5.41) is 7.52. The Morgan fingerprint density at radius 2 is 1.91 bits per heavy atom. The van der Waals surface area contributed by atoms with Crippen molar-refractivity contribution in [1.29, 1.82) is 0 Å². The van der Waals surface area contributed by atoms with E-state index in [0.717, 1.165) is 40.2 Å². The number of hydrogen-bond donors (Lipinski definition) is 1. The average Bonchev–Trinajstić information content (AvgIpc) is 3.23. The molecule has 3 heteroatoms. The molecule has 0 radical (unpaired) electrons. The first kappa shape index (κ1) is 23.2. The minimum absolute atomic E-state index is 0.787. The van der Waals surface area contributed by atoms with E-state index in [1.165, 1.54) is 27.9 Å². The molecule has 2 aliphatic rings. The number of aromatic amines is 1. The molecule has 0 saturated heterocycles. The van der Waals surface area contributed by atoms with Crippen LogP contribution in [0.1, 0.15) is 38.4 Å². The van der Waals surface area contributed by atoms with E-state index in [9.17, 15) is 0 Å². The normalized spacial score (nSPS) is 23.6. The van der Waals surface area contributed by atoms with E-state index < -0.39 is 0 Å². The predicted octanol–water partition coefficient (Wildman–Crippen LogP) is 7.94. The van der Waals surface area contributed by atoms with Crippen LogP contribution in [0.15, 0.2) is 125 Å². The molecule has 2 aromatic rings. The first-order valence-corrected chi connectivity index (χ1v) is 11.6. The molecule has 3 nitrogen and oxygen atoms in total. The summed E-state index contributed by atoms with van der Waals surface area (Å²) in [6.45, 7) is 12.7. The fourth-order valence-corrected chi connectivity index (χ4v) is 4.11. The van der Waals surface area contributed by atoms with Gasteiger partial charge in [-0.1, -0.05) is 79.0 Å². The molecule has 2 aromatic heterocycles. The lowest BCUT2D eigenvalue weighted by atomic mass is 9.92. The molecule has 0 aromatic carbocycles. The summed E-state index contributed by atoms with van der Waals surface area (Å²) < 4.78 is 0. The van der Waals surface area contributed by atoms with Gasteiger partial charge in [-0.05, 0) is 79.7 Å². The van der Waals surface area contributed by atoms with Crippen LogP contribution in [-0.2, 0) is 0 Å². The molecular weight excluding hydrogens is 414 g/mol. The Kier molecular flexibility index (Phi) is 7.03. The summed E-state index contributed by atoms with van der Waals surface area (Å²) in [7, 11) is 0. The number of hydrogen-bond acceptors (Lipinski definition) is 2. The minimum atomic E-state index is 0.787. The SMILES string of the molecule is C=C1C=CC(c2c[nH]nc2-c2cccc(C)n2)=CC/C1=C/C(=C\C)C1=C/C=C(C)\C=C\C=C\1C. The number of allylic oxidation sites excluding steroid dienone is 17. The van der Waals surface area contributed by atoms with E-state index in [0.29, 0.717) is 0 Å². The topological polar surface area (TPSA) is 41.6 Å². The Labute approximate surface area is 202 Å². The van der Waals surface area contributed by atoms with E-state index in [-0.39, 0.29) is 0 Å². The zero-order valence-corrected chi connectivity index (χ0v) is 20.4.